The zero-order chi connectivity index (χ0) is 14.8. The van der Waals surface area contributed by atoms with Crippen LogP contribution >= 0.6 is 0 Å². The van der Waals surface area contributed by atoms with Gasteiger partial charge in [0.25, 0.3) is 0 Å². The highest BCUT2D eigenvalue weighted by molar-refractivity contribution is 5.77. The number of likely N-dealkylation sites (N-methyl/N-ethyl adjacent to an activating group) is 1. The molecule has 1 aliphatic heterocycles. The molecule has 2 N–H and O–H groups in total. The van der Waals surface area contributed by atoms with Gasteiger partial charge in [0.15, 0.2) is 0 Å². The van der Waals surface area contributed by atoms with Gasteiger partial charge in [-0.1, -0.05) is 6.92 Å². The van der Waals surface area contributed by atoms with Gasteiger partial charge >= 0.3 is 12.0 Å². The van der Waals surface area contributed by atoms with Gasteiger partial charge in [-0.05, 0) is 31.6 Å². The minimum absolute atomic E-state index is 0.172. The van der Waals surface area contributed by atoms with E-state index in [0.717, 1.165) is 6.42 Å². The molecule has 6 nitrogen and oxygen atoms in total. The number of carbonyl (C=O) groups is 2. The molecular formula is C14H24N2O4. The quantitative estimate of drug-likeness (QED) is 0.770. The molecule has 1 heterocycles. The Kier molecular flexibility index (Phi) is 4.52. The monoisotopic (exact) mass is 284 g/mol. The lowest BCUT2D eigenvalue weighted by molar-refractivity contribution is -0.142. The predicted octanol–water partition coefficient (Wildman–Crippen LogP) is 1.31. The van der Waals surface area contributed by atoms with Gasteiger partial charge in [-0.15, -0.1) is 0 Å². The molecular weight excluding hydrogens is 260 g/mol. The lowest BCUT2D eigenvalue weighted by Crippen LogP contribution is -2.51. The molecule has 2 amide bonds. The molecule has 2 aliphatic rings. The van der Waals surface area contributed by atoms with Crippen molar-refractivity contribution in [2.24, 2.45) is 11.3 Å². The van der Waals surface area contributed by atoms with Gasteiger partial charge in [-0.25, -0.2) is 4.79 Å². The molecule has 2 fully saturated rings. The number of urea groups is 1. The summed E-state index contributed by atoms with van der Waals surface area (Å²) in [4.78, 5) is 25.1. The van der Waals surface area contributed by atoms with Crippen molar-refractivity contribution in [1.29, 1.82) is 0 Å². The van der Waals surface area contributed by atoms with Crippen LogP contribution in [0.3, 0.4) is 0 Å². The van der Waals surface area contributed by atoms with Crippen molar-refractivity contribution in [2.45, 2.75) is 39.2 Å². The first-order valence-electron chi connectivity index (χ1n) is 7.38. The first-order chi connectivity index (χ1) is 9.53. The molecule has 0 radical (unpaired) electrons. The third-order valence-electron chi connectivity index (χ3n) is 4.69. The van der Waals surface area contributed by atoms with Crippen LogP contribution in [-0.4, -0.2) is 54.4 Å². The second-order valence-corrected chi connectivity index (χ2v) is 5.85. The number of carboxylic acids is 1. The number of aliphatic carboxylic acids is 1. The standard InChI is InChI=1S/C14H24N2O4/c1-3-14(5-6-14)9-15-13(19)16(4-2)11-8-20-7-10(11)12(17)18/h10-11H,3-9H2,1-2H3,(H,15,19)(H,17,18). The predicted molar refractivity (Wildman–Crippen MR) is 73.5 cm³/mol. The minimum atomic E-state index is -0.897. The molecule has 1 aliphatic carbocycles. The van der Waals surface area contributed by atoms with Crippen LogP contribution in [0.15, 0.2) is 0 Å². The number of carboxylic acid groups (broad SMARTS) is 1. The van der Waals surface area contributed by atoms with Gasteiger partial charge in [-0.2, -0.15) is 0 Å². The summed E-state index contributed by atoms with van der Waals surface area (Å²) in [6.07, 6.45) is 3.41. The first kappa shape index (κ1) is 15.1. The Morgan fingerprint density at radius 2 is 2.05 bits per heavy atom. The van der Waals surface area contributed by atoms with Crippen molar-refractivity contribution >= 4 is 12.0 Å². The Morgan fingerprint density at radius 3 is 2.55 bits per heavy atom. The molecule has 2 atom stereocenters. The van der Waals surface area contributed by atoms with E-state index in [1.54, 1.807) is 4.90 Å². The third-order valence-corrected chi connectivity index (χ3v) is 4.69. The molecule has 0 aromatic heterocycles. The average molecular weight is 284 g/mol. The summed E-state index contributed by atoms with van der Waals surface area (Å²) in [6, 6.07) is -0.539. The van der Waals surface area contributed by atoms with E-state index >= 15 is 0 Å². The van der Waals surface area contributed by atoms with E-state index in [1.165, 1.54) is 12.8 Å². The van der Waals surface area contributed by atoms with Crippen molar-refractivity contribution in [1.82, 2.24) is 10.2 Å². The molecule has 2 rings (SSSR count). The molecule has 0 spiro atoms. The van der Waals surface area contributed by atoms with Gasteiger partial charge < -0.3 is 20.1 Å². The minimum Gasteiger partial charge on any atom is -0.481 e. The summed E-state index contributed by atoms with van der Waals surface area (Å²) in [5.41, 5.74) is 0.285. The zero-order valence-corrected chi connectivity index (χ0v) is 12.2. The summed E-state index contributed by atoms with van der Waals surface area (Å²) < 4.78 is 5.24. The van der Waals surface area contributed by atoms with Gasteiger partial charge in [0.2, 0.25) is 0 Å². The van der Waals surface area contributed by atoms with Crippen molar-refractivity contribution in [3.05, 3.63) is 0 Å². The van der Waals surface area contributed by atoms with E-state index in [0.29, 0.717) is 19.7 Å². The van der Waals surface area contributed by atoms with E-state index in [9.17, 15) is 14.7 Å². The number of nitrogens with one attached hydrogen (secondary N) is 1. The van der Waals surface area contributed by atoms with Crippen LogP contribution < -0.4 is 5.32 Å². The fraction of sp³-hybridized carbons (Fsp3) is 0.857. The van der Waals surface area contributed by atoms with E-state index in [4.69, 9.17) is 4.74 Å². The maximum absolute atomic E-state index is 12.3. The molecule has 20 heavy (non-hydrogen) atoms. The normalized spacial score (nSPS) is 27.1. The Labute approximate surface area is 119 Å². The van der Waals surface area contributed by atoms with Crippen LogP contribution in [0.5, 0.6) is 0 Å². The number of nitrogens with zero attached hydrogens (tertiary/aromatic N) is 1. The smallest absolute Gasteiger partial charge is 0.317 e. The number of hydrogen-bond acceptors (Lipinski definition) is 3. The van der Waals surface area contributed by atoms with E-state index in [-0.39, 0.29) is 24.1 Å². The maximum Gasteiger partial charge on any atom is 0.317 e. The molecule has 114 valence electrons. The van der Waals surface area contributed by atoms with Crippen molar-refractivity contribution in [3.63, 3.8) is 0 Å². The summed E-state index contributed by atoms with van der Waals surface area (Å²) >= 11 is 0. The summed E-state index contributed by atoms with van der Waals surface area (Å²) in [7, 11) is 0. The first-order valence-corrected chi connectivity index (χ1v) is 7.38. The van der Waals surface area contributed by atoms with Gasteiger partial charge in [0.1, 0.15) is 5.92 Å². The Hall–Kier alpha value is -1.30. The molecule has 0 aromatic rings. The zero-order valence-electron chi connectivity index (χ0n) is 12.2. The molecule has 0 aromatic carbocycles. The molecule has 0 bridgehead atoms. The van der Waals surface area contributed by atoms with Crippen molar-refractivity contribution in [3.8, 4) is 0 Å². The summed E-state index contributed by atoms with van der Waals surface area (Å²) in [5, 5.41) is 12.1. The Bertz CT molecular complexity index is 381. The summed E-state index contributed by atoms with van der Waals surface area (Å²) in [6.45, 7) is 5.66. The van der Waals surface area contributed by atoms with E-state index < -0.39 is 11.9 Å². The highest BCUT2D eigenvalue weighted by Gasteiger charge is 2.42. The number of carbonyl (C=O) groups excluding carboxylic acids is 1. The maximum atomic E-state index is 12.3. The second kappa shape index (κ2) is 5.99. The average Bonchev–Trinajstić information content (AvgIpc) is 3.06. The van der Waals surface area contributed by atoms with Crippen LogP contribution in [0.2, 0.25) is 0 Å². The third kappa shape index (κ3) is 3.06. The van der Waals surface area contributed by atoms with Crippen LogP contribution in [-0.2, 0) is 9.53 Å². The van der Waals surface area contributed by atoms with Gasteiger partial charge in [0.05, 0.1) is 19.3 Å². The second-order valence-electron chi connectivity index (χ2n) is 5.85. The van der Waals surface area contributed by atoms with Crippen molar-refractivity contribution in [2.75, 3.05) is 26.3 Å². The van der Waals surface area contributed by atoms with Crippen LogP contribution in [0, 0.1) is 11.3 Å². The fourth-order valence-corrected chi connectivity index (χ4v) is 2.81. The lowest BCUT2D eigenvalue weighted by atomic mass is 10.0. The van der Waals surface area contributed by atoms with Gasteiger partial charge in [0, 0.05) is 13.1 Å². The summed E-state index contributed by atoms with van der Waals surface area (Å²) in [5.74, 6) is -1.52. The van der Waals surface area contributed by atoms with Crippen LogP contribution in [0.25, 0.3) is 0 Å². The van der Waals surface area contributed by atoms with E-state index in [1.807, 2.05) is 6.92 Å². The number of amides is 2. The SMILES string of the molecule is CCN(C(=O)NCC1(CC)CC1)C1COCC1C(=O)O. The Balaban J connectivity index is 1.93. The fourth-order valence-electron chi connectivity index (χ4n) is 2.81. The number of hydrogen-bond donors (Lipinski definition) is 2. The van der Waals surface area contributed by atoms with Crippen molar-refractivity contribution < 1.29 is 19.4 Å². The molecule has 1 saturated carbocycles. The topological polar surface area (TPSA) is 78.9 Å². The Morgan fingerprint density at radius 1 is 1.35 bits per heavy atom. The molecule has 2 unspecified atom stereocenters. The van der Waals surface area contributed by atoms with E-state index in [2.05, 4.69) is 12.2 Å². The lowest BCUT2D eigenvalue weighted by Gasteiger charge is -2.30. The molecule has 1 saturated heterocycles. The van der Waals surface area contributed by atoms with Crippen LogP contribution in [0.1, 0.15) is 33.1 Å². The highest BCUT2D eigenvalue weighted by atomic mass is 16.5. The number of rotatable bonds is 6. The molecule has 6 heteroatoms. The van der Waals surface area contributed by atoms with Crippen LogP contribution in [0.4, 0.5) is 4.79 Å². The van der Waals surface area contributed by atoms with Gasteiger partial charge in [-0.3, -0.25) is 4.79 Å². The largest absolute Gasteiger partial charge is 0.481 e. The highest BCUT2D eigenvalue weighted by Crippen LogP contribution is 2.47. The number of ether oxygens (including phenoxy) is 1.